The van der Waals surface area contributed by atoms with E-state index in [1.54, 1.807) is 0 Å². The average molecular weight is 494 g/mol. The van der Waals surface area contributed by atoms with E-state index in [2.05, 4.69) is 85.0 Å². The Balaban J connectivity index is 1.69. The van der Waals surface area contributed by atoms with Crippen molar-refractivity contribution in [3.8, 4) is 11.3 Å². The van der Waals surface area contributed by atoms with Gasteiger partial charge in [-0.2, -0.15) is 5.10 Å². The number of nitrogens with zero attached hydrogens (tertiary/aromatic N) is 4. The first kappa shape index (κ1) is 23.9. The normalized spacial score (nSPS) is 16.0. The SMILES string of the molecule is Cc1cnn(C)c1-c1cnc2c3ccc(C(C)(C)N)cc3n(C(c3ccccc3)C3CCOCC3)c2c1. The molecular formula is C31H35N5O. The monoisotopic (exact) mass is 493 g/mol. The summed E-state index contributed by atoms with van der Waals surface area (Å²) in [5.41, 5.74) is 15.2. The van der Waals surface area contributed by atoms with Crippen LogP contribution in [-0.4, -0.2) is 32.5 Å². The Bertz CT molecular complexity index is 1550. The second kappa shape index (κ2) is 9.12. The van der Waals surface area contributed by atoms with Crippen molar-refractivity contribution in [3.63, 3.8) is 0 Å². The van der Waals surface area contributed by atoms with Crippen LogP contribution in [0.25, 0.3) is 33.2 Å². The lowest BCUT2D eigenvalue weighted by Gasteiger charge is -2.33. The Morgan fingerprint density at radius 3 is 2.43 bits per heavy atom. The van der Waals surface area contributed by atoms with Crippen molar-refractivity contribution >= 4 is 21.9 Å². The summed E-state index contributed by atoms with van der Waals surface area (Å²) < 4.78 is 10.3. The fourth-order valence-electron chi connectivity index (χ4n) is 6.01. The first-order valence-electron chi connectivity index (χ1n) is 13.2. The van der Waals surface area contributed by atoms with Gasteiger partial charge in [0.15, 0.2) is 0 Å². The predicted octanol–water partition coefficient (Wildman–Crippen LogP) is 6.11. The highest BCUT2D eigenvalue weighted by molar-refractivity contribution is 6.07. The number of nitrogens with two attached hydrogens (primary N) is 1. The Kier molecular flexibility index (Phi) is 5.89. The number of rotatable bonds is 5. The Morgan fingerprint density at radius 2 is 1.76 bits per heavy atom. The lowest BCUT2D eigenvalue weighted by Crippen LogP contribution is -2.29. The molecule has 0 bridgehead atoms. The van der Waals surface area contributed by atoms with E-state index in [4.69, 9.17) is 15.5 Å². The molecule has 0 amide bonds. The van der Waals surface area contributed by atoms with E-state index in [1.807, 2.05) is 24.1 Å². The number of fused-ring (bicyclic) bond motifs is 3. The van der Waals surface area contributed by atoms with Crippen molar-refractivity contribution in [2.45, 2.75) is 45.2 Å². The molecule has 37 heavy (non-hydrogen) atoms. The van der Waals surface area contributed by atoms with Gasteiger partial charge in [0, 0.05) is 42.9 Å². The second-order valence-corrected chi connectivity index (χ2v) is 11.0. The van der Waals surface area contributed by atoms with Gasteiger partial charge in [0.25, 0.3) is 0 Å². The highest BCUT2D eigenvalue weighted by Gasteiger charge is 2.31. The molecule has 1 atom stereocenters. The predicted molar refractivity (Wildman–Crippen MR) is 150 cm³/mol. The zero-order valence-corrected chi connectivity index (χ0v) is 22.1. The number of hydrogen-bond donors (Lipinski definition) is 1. The lowest BCUT2D eigenvalue weighted by molar-refractivity contribution is 0.0553. The third-order valence-electron chi connectivity index (χ3n) is 7.91. The molecule has 190 valence electrons. The van der Waals surface area contributed by atoms with Gasteiger partial charge in [0.05, 0.1) is 34.5 Å². The van der Waals surface area contributed by atoms with Gasteiger partial charge < -0.3 is 15.0 Å². The van der Waals surface area contributed by atoms with Crippen molar-refractivity contribution in [3.05, 3.63) is 83.7 Å². The van der Waals surface area contributed by atoms with Gasteiger partial charge in [-0.25, -0.2) is 0 Å². The highest BCUT2D eigenvalue weighted by Crippen LogP contribution is 2.42. The maximum atomic E-state index is 6.59. The number of ether oxygens (including phenoxy) is 1. The lowest BCUT2D eigenvalue weighted by atomic mass is 9.86. The van der Waals surface area contributed by atoms with Crippen LogP contribution in [0.15, 0.2) is 67.0 Å². The topological polar surface area (TPSA) is 70.9 Å². The van der Waals surface area contributed by atoms with Gasteiger partial charge >= 0.3 is 0 Å². The third kappa shape index (κ3) is 4.14. The fourth-order valence-corrected chi connectivity index (χ4v) is 6.01. The molecule has 0 radical (unpaired) electrons. The summed E-state index contributed by atoms with van der Waals surface area (Å²) in [4.78, 5) is 5.06. The quantitative estimate of drug-likeness (QED) is 0.321. The molecule has 1 fully saturated rings. The van der Waals surface area contributed by atoms with Crippen LogP contribution in [0.2, 0.25) is 0 Å². The van der Waals surface area contributed by atoms with Gasteiger partial charge in [-0.1, -0.05) is 42.5 Å². The molecule has 1 aliphatic heterocycles. The number of aromatic nitrogens is 4. The zero-order valence-electron chi connectivity index (χ0n) is 22.1. The van der Waals surface area contributed by atoms with Gasteiger partial charge in [-0.15, -0.1) is 0 Å². The number of aryl methyl sites for hydroxylation is 2. The smallest absolute Gasteiger partial charge is 0.0960 e. The minimum atomic E-state index is -0.444. The van der Waals surface area contributed by atoms with E-state index in [9.17, 15) is 0 Å². The Hall–Kier alpha value is -3.48. The molecule has 2 N–H and O–H groups in total. The first-order chi connectivity index (χ1) is 17.8. The van der Waals surface area contributed by atoms with Crippen molar-refractivity contribution in [1.82, 2.24) is 19.3 Å². The van der Waals surface area contributed by atoms with Crippen LogP contribution in [0.4, 0.5) is 0 Å². The summed E-state index contributed by atoms with van der Waals surface area (Å²) in [6, 6.07) is 20.0. The zero-order chi connectivity index (χ0) is 25.7. The molecule has 5 aromatic rings. The average Bonchev–Trinajstić information content (AvgIpc) is 3.40. The van der Waals surface area contributed by atoms with E-state index < -0.39 is 5.54 Å². The molecule has 6 rings (SSSR count). The summed E-state index contributed by atoms with van der Waals surface area (Å²) in [7, 11) is 1.99. The minimum Gasteiger partial charge on any atom is -0.381 e. The number of hydrogen-bond acceptors (Lipinski definition) is 4. The maximum absolute atomic E-state index is 6.59. The fraction of sp³-hybridized carbons (Fsp3) is 0.355. The highest BCUT2D eigenvalue weighted by atomic mass is 16.5. The van der Waals surface area contributed by atoms with Crippen LogP contribution in [-0.2, 0) is 17.3 Å². The van der Waals surface area contributed by atoms with Crippen LogP contribution in [0.5, 0.6) is 0 Å². The van der Waals surface area contributed by atoms with Crippen molar-refractivity contribution < 1.29 is 4.74 Å². The van der Waals surface area contributed by atoms with Gasteiger partial charge in [-0.3, -0.25) is 9.67 Å². The summed E-state index contributed by atoms with van der Waals surface area (Å²) in [5, 5.41) is 5.64. The Labute approximate surface area is 218 Å². The molecule has 1 saturated heterocycles. The molecule has 6 heteroatoms. The minimum absolute atomic E-state index is 0.158. The van der Waals surface area contributed by atoms with E-state index in [0.717, 1.165) is 64.9 Å². The molecule has 3 aromatic heterocycles. The molecule has 4 heterocycles. The van der Waals surface area contributed by atoms with Crippen molar-refractivity contribution in [1.29, 1.82) is 0 Å². The van der Waals surface area contributed by atoms with Gasteiger partial charge in [0.2, 0.25) is 0 Å². The second-order valence-electron chi connectivity index (χ2n) is 11.0. The molecule has 1 aliphatic rings. The van der Waals surface area contributed by atoms with Gasteiger partial charge in [-0.05, 0) is 68.4 Å². The van der Waals surface area contributed by atoms with Crippen LogP contribution in [0.3, 0.4) is 0 Å². The first-order valence-corrected chi connectivity index (χ1v) is 13.2. The van der Waals surface area contributed by atoms with Crippen LogP contribution >= 0.6 is 0 Å². The molecule has 6 nitrogen and oxygen atoms in total. The van der Waals surface area contributed by atoms with E-state index >= 15 is 0 Å². The van der Waals surface area contributed by atoms with Gasteiger partial charge in [0.1, 0.15) is 0 Å². The van der Waals surface area contributed by atoms with Crippen LogP contribution in [0.1, 0.15) is 49.4 Å². The summed E-state index contributed by atoms with van der Waals surface area (Å²) in [5.74, 6) is 0.451. The molecule has 1 unspecified atom stereocenters. The van der Waals surface area contributed by atoms with E-state index in [0.29, 0.717) is 5.92 Å². The summed E-state index contributed by atoms with van der Waals surface area (Å²) in [6.07, 6.45) is 5.95. The standard InChI is InChI=1S/C31H35N5O/c1-20-18-34-35(4)29(20)23-16-27-28(33-19-23)25-11-10-24(31(2,3)32)17-26(25)36(27)30(21-8-6-5-7-9-21)22-12-14-37-15-13-22/h5-11,16-19,22,30H,12-15,32H2,1-4H3. The molecule has 0 aliphatic carbocycles. The molecule has 0 saturated carbocycles. The molecular weight excluding hydrogens is 458 g/mol. The van der Waals surface area contributed by atoms with Crippen LogP contribution < -0.4 is 5.73 Å². The Morgan fingerprint density at radius 1 is 1.00 bits per heavy atom. The van der Waals surface area contributed by atoms with Crippen LogP contribution in [0, 0.1) is 12.8 Å². The molecule has 0 spiro atoms. The maximum Gasteiger partial charge on any atom is 0.0960 e. The summed E-state index contributed by atoms with van der Waals surface area (Å²) in [6.45, 7) is 7.83. The third-order valence-corrected chi connectivity index (χ3v) is 7.91. The summed E-state index contributed by atoms with van der Waals surface area (Å²) >= 11 is 0. The van der Waals surface area contributed by atoms with Crippen molar-refractivity contribution in [2.75, 3.05) is 13.2 Å². The van der Waals surface area contributed by atoms with E-state index in [1.165, 1.54) is 11.1 Å². The van der Waals surface area contributed by atoms with Crippen molar-refractivity contribution in [2.24, 2.45) is 18.7 Å². The number of benzene rings is 2. The largest absolute Gasteiger partial charge is 0.381 e. The van der Waals surface area contributed by atoms with E-state index in [-0.39, 0.29) is 6.04 Å². The molecule has 2 aromatic carbocycles. The number of pyridine rings is 1.